The van der Waals surface area contributed by atoms with Gasteiger partial charge in [0.25, 0.3) is 0 Å². The van der Waals surface area contributed by atoms with Crippen molar-refractivity contribution in [1.29, 1.82) is 0 Å². The molecular formula is C64H124N+. The van der Waals surface area contributed by atoms with Crippen molar-refractivity contribution in [2.45, 2.75) is 337 Å². The lowest BCUT2D eigenvalue weighted by Crippen LogP contribution is -2.60. The predicted octanol–water partition coefficient (Wildman–Crippen LogP) is 21.4. The SMILES string of the molecule is CCCCCCCCCCCCCCCCCC[N+](C)(CCCCCCCCCCCCCCCCCC)[C@@H]1CC[C@@]2(C)C(CCC3C2CC[C@@]2(C)C3CC[C@@H]2[C@H](C)CCCC(C)C)C1. The van der Waals surface area contributed by atoms with Crippen LogP contribution >= 0.6 is 0 Å². The fraction of sp³-hybridized carbons (Fsp3) is 1.00. The normalized spacial score (nSPS) is 28.4. The topological polar surface area (TPSA) is 0 Å². The summed E-state index contributed by atoms with van der Waals surface area (Å²) in [5, 5.41) is 0. The average Bonchev–Trinajstić information content (AvgIpc) is 3.65. The summed E-state index contributed by atoms with van der Waals surface area (Å²) in [5.41, 5.74) is 1.25. The second-order valence-corrected chi connectivity index (χ2v) is 26.1. The maximum absolute atomic E-state index is 2.86. The van der Waals surface area contributed by atoms with Gasteiger partial charge < -0.3 is 4.48 Å². The number of unbranched alkanes of at least 4 members (excludes halogenated alkanes) is 30. The molecule has 0 aromatic carbocycles. The highest BCUT2D eigenvalue weighted by Gasteiger charge is 2.61. The minimum atomic E-state index is 0.620. The lowest BCUT2D eigenvalue weighted by Gasteiger charge is -2.62. The van der Waals surface area contributed by atoms with Gasteiger partial charge >= 0.3 is 0 Å². The van der Waals surface area contributed by atoms with Gasteiger partial charge in [0.15, 0.2) is 0 Å². The zero-order valence-corrected chi connectivity index (χ0v) is 46.6. The van der Waals surface area contributed by atoms with Gasteiger partial charge in [-0.3, -0.25) is 0 Å². The van der Waals surface area contributed by atoms with Crippen molar-refractivity contribution < 1.29 is 4.48 Å². The Kier molecular flexibility index (Phi) is 29.0. The molecule has 0 aromatic rings. The molecule has 0 spiro atoms. The number of hydrogen-bond donors (Lipinski definition) is 0. The fourth-order valence-corrected chi connectivity index (χ4v) is 16.3. The number of quaternary nitrogens is 1. The standard InChI is InChI=1S/C64H124N/c1-9-11-13-15-17-19-21-23-25-27-29-31-33-35-37-39-52-65(8,53-40-38-36-34-32-30-28-26-24-22-20-18-16-14-12-10-2)58-48-50-63(6)57(54-58)44-45-59-61-47-46-60(56(5)43-41-42-55(3)4)64(61,7)51-49-62(59)63/h55-62H,9-54H2,1-8H3/q+1/t56-,57?,58-,59?,60-,61?,62?,63+,64-/m1/s1. The zero-order valence-electron chi connectivity index (χ0n) is 46.6. The van der Waals surface area contributed by atoms with Crippen molar-refractivity contribution in [3.8, 4) is 0 Å². The zero-order chi connectivity index (χ0) is 46.6. The highest BCUT2D eigenvalue weighted by molar-refractivity contribution is 5.10. The summed E-state index contributed by atoms with van der Waals surface area (Å²) >= 11 is 0. The first-order chi connectivity index (χ1) is 31.6. The smallest absolute Gasteiger partial charge is 0.0891 e. The first kappa shape index (κ1) is 57.5. The van der Waals surface area contributed by atoms with Gasteiger partial charge in [0.1, 0.15) is 0 Å². The quantitative estimate of drug-likeness (QED) is 0.0425. The van der Waals surface area contributed by atoms with E-state index in [0.29, 0.717) is 10.8 Å². The van der Waals surface area contributed by atoms with E-state index >= 15 is 0 Å². The molecule has 0 heterocycles. The van der Waals surface area contributed by atoms with Crippen LogP contribution in [0.15, 0.2) is 0 Å². The molecule has 0 aromatic heterocycles. The number of nitrogens with zero attached hydrogens (tertiary/aromatic N) is 1. The van der Waals surface area contributed by atoms with Crippen LogP contribution < -0.4 is 0 Å². The van der Waals surface area contributed by atoms with Crippen LogP contribution in [0.1, 0.15) is 331 Å². The van der Waals surface area contributed by atoms with Gasteiger partial charge in [0.05, 0.1) is 26.2 Å². The first-order valence-corrected chi connectivity index (χ1v) is 31.4. The molecule has 4 aliphatic carbocycles. The van der Waals surface area contributed by atoms with Crippen LogP contribution in [0.5, 0.6) is 0 Å². The Bertz CT molecular complexity index is 1100. The third-order valence-electron chi connectivity index (χ3n) is 20.8. The largest absolute Gasteiger partial charge is 0.324 e. The van der Waals surface area contributed by atoms with E-state index < -0.39 is 0 Å². The average molecular weight is 908 g/mol. The molecule has 4 saturated carbocycles. The summed E-state index contributed by atoms with van der Waals surface area (Å²) in [6.45, 7) is 20.8. The minimum absolute atomic E-state index is 0.620. The van der Waals surface area contributed by atoms with Crippen LogP contribution in [0.3, 0.4) is 0 Å². The second-order valence-electron chi connectivity index (χ2n) is 26.1. The van der Waals surface area contributed by atoms with Gasteiger partial charge in [-0.15, -0.1) is 0 Å². The molecule has 1 heteroatoms. The molecule has 1 nitrogen and oxygen atoms in total. The van der Waals surface area contributed by atoms with Crippen LogP contribution in [0.2, 0.25) is 0 Å². The molecule has 0 bridgehead atoms. The molecule has 4 unspecified atom stereocenters. The third kappa shape index (κ3) is 19.6. The van der Waals surface area contributed by atoms with Crippen LogP contribution in [0, 0.1) is 52.3 Å². The van der Waals surface area contributed by atoms with Gasteiger partial charge in [-0.25, -0.2) is 0 Å². The van der Waals surface area contributed by atoms with E-state index in [1.807, 2.05) is 0 Å². The fourth-order valence-electron chi connectivity index (χ4n) is 16.3. The Balaban J connectivity index is 1.20. The summed E-state index contributed by atoms with van der Waals surface area (Å²) in [4.78, 5) is 0. The van der Waals surface area contributed by atoms with E-state index in [9.17, 15) is 0 Å². The van der Waals surface area contributed by atoms with Crippen molar-refractivity contribution in [2.75, 3.05) is 20.1 Å². The molecule has 65 heavy (non-hydrogen) atoms. The summed E-state index contributed by atoms with van der Waals surface area (Å²) in [5.74, 6) is 6.87. The van der Waals surface area contributed by atoms with E-state index in [1.54, 1.807) is 51.4 Å². The van der Waals surface area contributed by atoms with Crippen LogP contribution in [0.4, 0.5) is 0 Å². The van der Waals surface area contributed by atoms with E-state index in [0.717, 1.165) is 47.5 Å². The highest BCUT2D eigenvalue weighted by Crippen LogP contribution is 2.68. The molecule has 0 saturated heterocycles. The van der Waals surface area contributed by atoms with E-state index in [-0.39, 0.29) is 0 Å². The Morgan fingerprint density at radius 2 is 0.815 bits per heavy atom. The van der Waals surface area contributed by atoms with Gasteiger partial charge in [-0.1, -0.05) is 248 Å². The van der Waals surface area contributed by atoms with Gasteiger partial charge in [-0.05, 0) is 129 Å². The van der Waals surface area contributed by atoms with Crippen LogP contribution in [0.25, 0.3) is 0 Å². The van der Waals surface area contributed by atoms with E-state index in [4.69, 9.17) is 0 Å². The van der Waals surface area contributed by atoms with Gasteiger partial charge in [0.2, 0.25) is 0 Å². The molecule has 0 amide bonds. The maximum atomic E-state index is 2.86. The van der Waals surface area contributed by atoms with Crippen molar-refractivity contribution >= 4 is 0 Å². The van der Waals surface area contributed by atoms with Crippen molar-refractivity contribution in [3.05, 3.63) is 0 Å². The van der Waals surface area contributed by atoms with Gasteiger partial charge in [0, 0.05) is 6.42 Å². The summed E-state index contributed by atoms with van der Waals surface area (Å²) in [6, 6.07) is 0.925. The van der Waals surface area contributed by atoms with Crippen molar-refractivity contribution in [1.82, 2.24) is 0 Å². The molecule has 9 atom stereocenters. The van der Waals surface area contributed by atoms with Crippen LogP contribution in [-0.2, 0) is 0 Å². The molecule has 4 fully saturated rings. The molecule has 0 N–H and O–H groups in total. The molecule has 4 rings (SSSR count). The number of hydrogen-bond acceptors (Lipinski definition) is 0. The van der Waals surface area contributed by atoms with Crippen molar-refractivity contribution in [3.63, 3.8) is 0 Å². The van der Waals surface area contributed by atoms with E-state index in [2.05, 4.69) is 55.5 Å². The lowest BCUT2D eigenvalue weighted by atomic mass is 9.44. The summed E-state index contributed by atoms with van der Waals surface area (Å²) in [7, 11) is 2.78. The Labute approximate surface area is 412 Å². The number of rotatable bonds is 40. The van der Waals surface area contributed by atoms with Gasteiger partial charge in [-0.2, -0.15) is 0 Å². The second kappa shape index (κ2) is 32.8. The molecule has 4 aliphatic rings. The predicted molar refractivity (Wildman–Crippen MR) is 292 cm³/mol. The molecular weight excluding hydrogens is 783 g/mol. The maximum Gasteiger partial charge on any atom is 0.0891 e. The summed E-state index contributed by atoms with van der Waals surface area (Å²) < 4.78 is 1.43. The third-order valence-corrected chi connectivity index (χ3v) is 20.8. The minimum Gasteiger partial charge on any atom is -0.324 e. The molecule has 0 radical (unpaired) electrons. The monoisotopic (exact) mass is 907 g/mol. The lowest BCUT2D eigenvalue weighted by molar-refractivity contribution is -0.936. The Morgan fingerprint density at radius 3 is 1.25 bits per heavy atom. The van der Waals surface area contributed by atoms with E-state index in [1.165, 1.54) is 249 Å². The Hall–Kier alpha value is -0.0400. The van der Waals surface area contributed by atoms with Crippen molar-refractivity contribution in [2.24, 2.45) is 52.3 Å². The van der Waals surface area contributed by atoms with Crippen LogP contribution in [-0.4, -0.2) is 30.7 Å². The molecule has 384 valence electrons. The first-order valence-electron chi connectivity index (χ1n) is 31.4. The summed E-state index contributed by atoms with van der Waals surface area (Å²) in [6.07, 6.45) is 65.6. The molecule has 0 aliphatic heterocycles. The Morgan fingerprint density at radius 1 is 0.415 bits per heavy atom. The number of fused-ring (bicyclic) bond motifs is 5. The highest BCUT2D eigenvalue weighted by atomic mass is 15.4.